The third-order valence-electron chi connectivity index (χ3n) is 6.63. The Kier molecular flexibility index (Phi) is 7.19. The molecule has 0 spiro atoms. The zero-order valence-electron chi connectivity index (χ0n) is 20.5. The van der Waals surface area contributed by atoms with Crippen LogP contribution in [0.4, 0.5) is 0 Å². The molecule has 0 saturated carbocycles. The quantitative estimate of drug-likeness (QED) is 0.577. The van der Waals surface area contributed by atoms with Crippen LogP contribution in [0.5, 0.6) is 23.0 Å². The van der Waals surface area contributed by atoms with E-state index in [9.17, 15) is 10.1 Å². The highest BCUT2D eigenvalue weighted by Gasteiger charge is 2.37. The van der Waals surface area contributed by atoms with Crippen LogP contribution in [0.2, 0.25) is 0 Å². The lowest BCUT2D eigenvalue weighted by Gasteiger charge is -2.29. The Balaban J connectivity index is 1.87. The number of aromatic nitrogens is 1. The molecule has 0 bridgehead atoms. The number of rotatable bonds is 7. The standard InChI is InChI=1S/C25H30N4O6/c1-15-11-21-23(25(30)29(15)6-5-28-7-9-34-10-8-28)22(17(14-26)24(27)35-21)16-12-19(32-3)20(33-4)13-18(16)31-2/h11-13,22H,5-10,27H2,1-4H3/p+1/t22-/m1/s1. The number of nitrogens with one attached hydrogen (secondary N) is 1. The second-order valence-electron chi connectivity index (χ2n) is 8.51. The molecule has 2 aliphatic rings. The van der Waals surface area contributed by atoms with E-state index in [1.165, 1.54) is 26.2 Å². The van der Waals surface area contributed by atoms with Gasteiger partial charge >= 0.3 is 0 Å². The van der Waals surface area contributed by atoms with E-state index in [2.05, 4.69) is 6.07 Å². The molecule has 0 radical (unpaired) electrons. The van der Waals surface area contributed by atoms with Gasteiger partial charge in [0.15, 0.2) is 11.5 Å². The SMILES string of the molecule is COc1cc(OC)c([C@@H]2C(C#N)=C(N)Oc3cc(C)n(CC[NH+]4CCOCC4)c(=O)c32)cc1OC. The van der Waals surface area contributed by atoms with E-state index in [1.807, 2.05) is 6.92 Å². The number of methoxy groups -OCH3 is 3. The van der Waals surface area contributed by atoms with E-state index in [0.717, 1.165) is 38.5 Å². The van der Waals surface area contributed by atoms with Crippen molar-refractivity contribution < 1.29 is 28.6 Å². The summed E-state index contributed by atoms with van der Waals surface area (Å²) in [5.41, 5.74) is 7.72. The van der Waals surface area contributed by atoms with Gasteiger partial charge in [-0.15, -0.1) is 0 Å². The summed E-state index contributed by atoms with van der Waals surface area (Å²) in [6.45, 7) is 6.44. The number of morpholine rings is 1. The molecular formula is C25H31N4O6+. The summed E-state index contributed by atoms with van der Waals surface area (Å²) in [6.07, 6.45) is 0. The molecule has 1 aromatic heterocycles. The summed E-state index contributed by atoms with van der Waals surface area (Å²) in [7, 11) is 4.56. The molecule has 0 amide bonds. The molecule has 186 valence electrons. The van der Waals surface area contributed by atoms with Crippen LogP contribution in [-0.2, 0) is 11.3 Å². The van der Waals surface area contributed by atoms with Crippen LogP contribution in [0, 0.1) is 18.3 Å². The number of nitriles is 1. The number of quaternary nitrogens is 1. The van der Waals surface area contributed by atoms with Gasteiger partial charge in [-0.1, -0.05) is 0 Å². The summed E-state index contributed by atoms with van der Waals surface area (Å²) in [4.78, 5) is 15.3. The fourth-order valence-corrected chi connectivity index (χ4v) is 4.73. The van der Waals surface area contributed by atoms with E-state index in [4.69, 9.17) is 29.4 Å². The number of pyridine rings is 1. The summed E-state index contributed by atoms with van der Waals surface area (Å²) in [5, 5.41) is 10.0. The van der Waals surface area contributed by atoms with Crippen molar-refractivity contribution in [3.8, 4) is 29.1 Å². The van der Waals surface area contributed by atoms with Gasteiger partial charge in [-0.25, -0.2) is 0 Å². The highest BCUT2D eigenvalue weighted by Crippen LogP contribution is 2.46. The Hall–Kier alpha value is -3.68. The molecule has 1 atom stereocenters. The Morgan fingerprint density at radius 2 is 1.77 bits per heavy atom. The highest BCUT2D eigenvalue weighted by molar-refractivity contribution is 5.61. The molecule has 2 aliphatic heterocycles. The van der Waals surface area contributed by atoms with Crippen molar-refractivity contribution in [2.75, 3.05) is 54.2 Å². The predicted molar refractivity (Wildman–Crippen MR) is 127 cm³/mol. The van der Waals surface area contributed by atoms with Crippen molar-refractivity contribution in [3.05, 3.63) is 56.8 Å². The monoisotopic (exact) mass is 483 g/mol. The first kappa shape index (κ1) is 24.4. The fraction of sp³-hybridized carbons (Fsp3) is 0.440. The van der Waals surface area contributed by atoms with Crippen LogP contribution in [0.25, 0.3) is 0 Å². The van der Waals surface area contributed by atoms with Crippen LogP contribution < -0.4 is 35.1 Å². The topological polar surface area (TPSA) is 122 Å². The normalized spacial score (nSPS) is 17.9. The van der Waals surface area contributed by atoms with Gasteiger partial charge in [0.05, 0.1) is 59.1 Å². The number of hydrogen-bond donors (Lipinski definition) is 2. The zero-order chi connectivity index (χ0) is 25.1. The van der Waals surface area contributed by atoms with Crippen molar-refractivity contribution in [2.24, 2.45) is 5.73 Å². The third-order valence-corrected chi connectivity index (χ3v) is 6.63. The van der Waals surface area contributed by atoms with Crippen LogP contribution >= 0.6 is 0 Å². The Morgan fingerprint density at radius 3 is 2.40 bits per heavy atom. The second-order valence-corrected chi connectivity index (χ2v) is 8.51. The second kappa shape index (κ2) is 10.3. The number of nitrogens with zero attached hydrogens (tertiary/aromatic N) is 2. The van der Waals surface area contributed by atoms with E-state index in [1.54, 1.807) is 22.8 Å². The fourth-order valence-electron chi connectivity index (χ4n) is 4.73. The first-order valence-corrected chi connectivity index (χ1v) is 11.5. The minimum absolute atomic E-state index is 0.0452. The number of hydrogen-bond acceptors (Lipinski definition) is 8. The van der Waals surface area contributed by atoms with Crippen molar-refractivity contribution in [3.63, 3.8) is 0 Å². The highest BCUT2D eigenvalue weighted by atomic mass is 16.5. The molecule has 2 aromatic rings. The maximum absolute atomic E-state index is 13.9. The van der Waals surface area contributed by atoms with Crippen molar-refractivity contribution >= 4 is 0 Å². The third kappa shape index (κ3) is 4.52. The van der Waals surface area contributed by atoms with Gasteiger partial charge in [0, 0.05) is 23.4 Å². The van der Waals surface area contributed by atoms with E-state index < -0.39 is 5.92 Å². The van der Waals surface area contributed by atoms with Crippen LogP contribution in [0.15, 0.2) is 34.4 Å². The lowest BCUT2D eigenvalue weighted by atomic mass is 9.83. The molecule has 0 aliphatic carbocycles. The molecule has 3 N–H and O–H groups in total. The van der Waals surface area contributed by atoms with Crippen LogP contribution in [0.1, 0.15) is 22.7 Å². The molecule has 10 nitrogen and oxygen atoms in total. The van der Waals surface area contributed by atoms with Crippen molar-refractivity contribution in [2.45, 2.75) is 19.4 Å². The first-order chi connectivity index (χ1) is 16.9. The molecule has 1 aromatic carbocycles. The number of fused-ring (bicyclic) bond motifs is 1. The lowest BCUT2D eigenvalue weighted by molar-refractivity contribution is -0.908. The molecule has 10 heteroatoms. The van der Waals surface area contributed by atoms with Gasteiger partial charge in [0.1, 0.15) is 36.2 Å². The minimum atomic E-state index is -0.798. The van der Waals surface area contributed by atoms with Gasteiger partial charge in [-0.3, -0.25) is 4.79 Å². The Labute approximate surface area is 204 Å². The number of allylic oxidation sites excluding steroid dienone is 1. The van der Waals surface area contributed by atoms with E-state index in [-0.39, 0.29) is 17.0 Å². The number of ether oxygens (including phenoxy) is 5. The smallest absolute Gasteiger partial charge is 0.258 e. The summed E-state index contributed by atoms with van der Waals surface area (Å²) >= 11 is 0. The molecule has 3 heterocycles. The number of nitrogens with two attached hydrogens (primary N) is 1. The molecular weight excluding hydrogens is 452 g/mol. The molecule has 1 fully saturated rings. The van der Waals surface area contributed by atoms with E-state index >= 15 is 0 Å². The molecule has 35 heavy (non-hydrogen) atoms. The largest absolute Gasteiger partial charge is 0.496 e. The average molecular weight is 484 g/mol. The predicted octanol–water partition coefficient (Wildman–Crippen LogP) is 0.316. The van der Waals surface area contributed by atoms with Gasteiger partial charge in [0.2, 0.25) is 5.88 Å². The average Bonchev–Trinajstić information content (AvgIpc) is 2.87. The molecule has 1 saturated heterocycles. The van der Waals surface area contributed by atoms with Crippen molar-refractivity contribution in [1.29, 1.82) is 5.26 Å². The van der Waals surface area contributed by atoms with Gasteiger partial charge < -0.3 is 38.9 Å². The maximum atomic E-state index is 13.9. The Morgan fingerprint density at radius 1 is 1.11 bits per heavy atom. The zero-order valence-corrected chi connectivity index (χ0v) is 20.5. The van der Waals surface area contributed by atoms with Crippen LogP contribution in [0.3, 0.4) is 0 Å². The summed E-state index contributed by atoms with van der Waals surface area (Å²) in [5.74, 6) is 0.831. The van der Waals surface area contributed by atoms with Crippen molar-refractivity contribution in [1.82, 2.24) is 4.57 Å². The van der Waals surface area contributed by atoms with Gasteiger partial charge in [0.25, 0.3) is 5.56 Å². The summed E-state index contributed by atoms with van der Waals surface area (Å²) < 4.78 is 29.5. The lowest BCUT2D eigenvalue weighted by Crippen LogP contribution is -3.14. The van der Waals surface area contributed by atoms with E-state index in [0.29, 0.717) is 40.7 Å². The first-order valence-electron chi connectivity index (χ1n) is 11.5. The molecule has 0 unspecified atom stereocenters. The maximum Gasteiger partial charge on any atom is 0.258 e. The summed E-state index contributed by atoms with van der Waals surface area (Å²) in [6, 6.07) is 7.32. The minimum Gasteiger partial charge on any atom is -0.496 e. The Bertz CT molecular complexity index is 1240. The number of benzene rings is 1. The van der Waals surface area contributed by atoms with Crippen LogP contribution in [-0.4, -0.2) is 58.7 Å². The van der Waals surface area contributed by atoms with Gasteiger partial charge in [-0.2, -0.15) is 5.26 Å². The van der Waals surface area contributed by atoms with Gasteiger partial charge in [-0.05, 0) is 13.0 Å². The molecule has 4 rings (SSSR count). The number of aryl methyl sites for hydroxylation is 1.